The zero-order valence-corrected chi connectivity index (χ0v) is 13.1. The maximum absolute atomic E-state index is 12.2. The van der Waals surface area contributed by atoms with Gasteiger partial charge in [-0.2, -0.15) is 0 Å². The highest BCUT2D eigenvalue weighted by Gasteiger charge is 2.32. The molecule has 0 aliphatic carbocycles. The predicted molar refractivity (Wildman–Crippen MR) is 83.0 cm³/mol. The Hall–Kier alpha value is -1.81. The summed E-state index contributed by atoms with van der Waals surface area (Å²) in [5.41, 5.74) is 2.76. The van der Waals surface area contributed by atoms with Crippen molar-refractivity contribution in [2.75, 3.05) is 13.2 Å². The van der Waals surface area contributed by atoms with Crippen molar-refractivity contribution >= 4 is 11.7 Å². The quantitative estimate of drug-likeness (QED) is 0.910. The monoisotopic (exact) mass is 289 g/mol. The van der Waals surface area contributed by atoms with Crippen molar-refractivity contribution in [3.63, 3.8) is 0 Å². The molecule has 1 heterocycles. The second kappa shape index (κ2) is 5.90. The van der Waals surface area contributed by atoms with Gasteiger partial charge in [-0.15, -0.1) is 0 Å². The van der Waals surface area contributed by atoms with E-state index in [4.69, 9.17) is 4.74 Å². The molecule has 1 N–H and O–H groups in total. The number of aliphatic hydroxyl groups excluding tert-OH is 1. The summed E-state index contributed by atoms with van der Waals surface area (Å²) in [6.45, 7) is 7.91. The average molecular weight is 289 g/mol. The van der Waals surface area contributed by atoms with E-state index in [2.05, 4.69) is 6.07 Å². The van der Waals surface area contributed by atoms with Crippen molar-refractivity contribution in [1.82, 2.24) is 4.90 Å². The molecule has 0 aromatic heterocycles. The third-order valence-corrected chi connectivity index (χ3v) is 3.34. The molecule has 1 aromatic carbocycles. The van der Waals surface area contributed by atoms with Crippen molar-refractivity contribution in [2.24, 2.45) is 0 Å². The minimum Gasteiger partial charge on any atom is -0.444 e. The van der Waals surface area contributed by atoms with Crippen LogP contribution in [0.5, 0.6) is 0 Å². The molecule has 2 rings (SSSR count). The lowest BCUT2D eigenvalue weighted by atomic mass is 10.0. The number of benzene rings is 1. The Bertz CT molecular complexity index is 557. The lowest BCUT2D eigenvalue weighted by Gasteiger charge is -2.27. The summed E-state index contributed by atoms with van der Waals surface area (Å²) >= 11 is 0. The molecular formula is C17H23NO3. The molecule has 0 fully saturated rings. The first kappa shape index (κ1) is 15.6. The molecule has 1 aliphatic rings. The molecule has 114 valence electrons. The van der Waals surface area contributed by atoms with Gasteiger partial charge in [0, 0.05) is 0 Å². The molecule has 0 saturated heterocycles. The number of nitrogens with zero attached hydrogens (tertiary/aromatic N) is 1. The van der Waals surface area contributed by atoms with E-state index in [1.165, 1.54) is 5.56 Å². The van der Waals surface area contributed by atoms with E-state index in [1.807, 2.05) is 52.0 Å². The van der Waals surface area contributed by atoms with Crippen molar-refractivity contribution < 1.29 is 14.6 Å². The van der Waals surface area contributed by atoms with Gasteiger partial charge in [0.15, 0.2) is 0 Å². The van der Waals surface area contributed by atoms with Crippen LogP contribution in [0.2, 0.25) is 0 Å². The largest absolute Gasteiger partial charge is 0.444 e. The molecule has 1 unspecified atom stereocenters. The second-order valence-electron chi connectivity index (χ2n) is 6.42. The summed E-state index contributed by atoms with van der Waals surface area (Å²) in [4.78, 5) is 13.8. The van der Waals surface area contributed by atoms with Crippen LogP contribution in [0.15, 0.2) is 30.3 Å². The first-order valence-electron chi connectivity index (χ1n) is 7.18. The molecule has 0 radical (unpaired) electrons. The van der Waals surface area contributed by atoms with Gasteiger partial charge in [-0.25, -0.2) is 4.79 Å². The molecular weight excluding hydrogens is 266 g/mol. The second-order valence-corrected chi connectivity index (χ2v) is 6.42. The molecule has 0 spiro atoms. The van der Waals surface area contributed by atoms with Crippen molar-refractivity contribution in [1.29, 1.82) is 0 Å². The number of ether oxygens (including phenoxy) is 1. The van der Waals surface area contributed by atoms with Gasteiger partial charge in [0.05, 0.1) is 19.2 Å². The maximum Gasteiger partial charge on any atom is 0.411 e. The average Bonchev–Trinajstić information content (AvgIpc) is 2.81. The Balaban J connectivity index is 2.17. The van der Waals surface area contributed by atoms with Crippen LogP contribution < -0.4 is 0 Å². The first-order valence-corrected chi connectivity index (χ1v) is 7.18. The number of carbonyl (C=O) groups is 1. The van der Waals surface area contributed by atoms with E-state index >= 15 is 0 Å². The van der Waals surface area contributed by atoms with Crippen LogP contribution in [0, 0.1) is 6.92 Å². The highest BCUT2D eigenvalue weighted by atomic mass is 16.6. The van der Waals surface area contributed by atoms with Gasteiger partial charge >= 0.3 is 6.09 Å². The van der Waals surface area contributed by atoms with Gasteiger partial charge in [0.1, 0.15) is 5.60 Å². The number of aliphatic hydroxyl groups is 1. The van der Waals surface area contributed by atoms with Crippen LogP contribution in [0.3, 0.4) is 0 Å². The maximum atomic E-state index is 12.2. The lowest BCUT2D eigenvalue weighted by molar-refractivity contribution is 0.0200. The van der Waals surface area contributed by atoms with Crippen LogP contribution in [0.25, 0.3) is 5.57 Å². The number of aryl methyl sites for hydroxylation is 1. The Kier molecular flexibility index (Phi) is 4.37. The standard InChI is InChI=1S/C17H23NO3/c1-12-6-5-7-13(8-12)14-9-15(11-19)18(10-14)16(20)21-17(2,3)4/h5-9,15,19H,10-11H2,1-4H3. The SMILES string of the molecule is Cc1cccc(C2=CC(CO)N(C(=O)OC(C)(C)C)C2)c1. The molecule has 1 amide bonds. The summed E-state index contributed by atoms with van der Waals surface area (Å²) in [5, 5.41) is 9.51. The van der Waals surface area contributed by atoms with E-state index in [0.29, 0.717) is 6.54 Å². The fourth-order valence-electron chi connectivity index (χ4n) is 2.38. The molecule has 1 aromatic rings. The third kappa shape index (κ3) is 3.85. The zero-order valence-electron chi connectivity index (χ0n) is 13.1. The van der Waals surface area contributed by atoms with Crippen molar-refractivity contribution in [3.05, 3.63) is 41.5 Å². The summed E-state index contributed by atoms with van der Waals surface area (Å²) < 4.78 is 5.40. The predicted octanol–water partition coefficient (Wildman–Crippen LogP) is 2.99. The number of rotatable bonds is 2. The highest BCUT2D eigenvalue weighted by molar-refractivity contribution is 5.78. The normalized spacial score (nSPS) is 18.6. The zero-order chi connectivity index (χ0) is 15.6. The van der Waals surface area contributed by atoms with Gasteiger partial charge in [0.2, 0.25) is 0 Å². The van der Waals surface area contributed by atoms with E-state index in [0.717, 1.165) is 11.1 Å². The van der Waals surface area contributed by atoms with E-state index in [-0.39, 0.29) is 18.7 Å². The van der Waals surface area contributed by atoms with Gasteiger partial charge in [-0.3, -0.25) is 4.90 Å². The number of hydrogen-bond acceptors (Lipinski definition) is 3. The summed E-state index contributed by atoms with van der Waals surface area (Å²) in [6, 6.07) is 7.81. The van der Waals surface area contributed by atoms with Crippen molar-refractivity contribution in [2.45, 2.75) is 39.3 Å². The lowest BCUT2D eigenvalue weighted by Crippen LogP contribution is -2.41. The molecule has 0 saturated carbocycles. The molecule has 1 atom stereocenters. The molecule has 21 heavy (non-hydrogen) atoms. The van der Waals surface area contributed by atoms with Gasteiger partial charge in [-0.05, 0) is 38.8 Å². The van der Waals surface area contributed by atoms with Crippen LogP contribution in [0.1, 0.15) is 31.9 Å². The number of hydrogen-bond donors (Lipinski definition) is 1. The Labute approximate surface area is 126 Å². The van der Waals surface area contributed by atoms with Gasteiger partial charge in [0.25, 0.3) is 0 Å². The van der Waals surface area contributed by atoms with Gasteiger partial charge in [-0.1, -0.05) is 35.9 Å². The Morgan fingerprint density at radius 3 is 2.71 bits per heavy atom. The fraction of sp³-hybridized carbons (Fsp3) is 0.471. The number of amides is 1. The van der Waals surface area contributed by atoms with Crippen molar-refractivity contribution in [3.8, 4) is 0 Å². The topological polar surface area (TPSA) is 49.8 Å². The Morgan fingerprint density at radius 1 is 1.43 bits per heavy atom. The molecule has 1 aliphatic heterocycles. The van der Waals surface area contributed by atoms with Crippen LogP contribution >= 0.6 is 0 Å². The summed E-state index contributed by atoms with van der Waals surface area (Å²) in [5.74, 6) is 0. The first-order chi connectivity index (χ1) is 9.80. The Morgan fingerprint density at radius 2 is 2.14 bits per heavy atom. The molecule has 4 nitrogen and oxygen atoms in total. The highest BCUT2D eigenvalue weighted by Crippen LogP contribution is 2.27. The molecule has 4 heteroatoms. The minimum atomic E-state index is -0.539. The molecule has 0 bridgehead atoms. The fourth-order valence-corrected chi connectivity index (χ4v) is 2.38. The van der Waals surface area contributed by atoms with E-state index < -0.39 is 5.60 Å². The minimum absolute atomic E-state index is 0.103. The van der Waals surface area contributed by atoms with Crippen LogP contribution in [-0.4, -0.2) is 40.9 Å². The van der Waals surface area contributed by atoms with Gasteiger partial charge < -0.3 is 9.84 Å². The number of carbonyl (C=O) groups excluding carboxylic acids is 1. The van der Waals surface area contributed by atoms with Crippen LogP contribution in [0.4, 0.5) is 4.79 Å². The third-order valence-electron chi connectivity index (χ3n) is 3.34. The van der Waals surface area contributed by atoms with Crippen LogP contribution in [-0.2, 0) is 4.74 Å². The summed E-state index contributed by atoms with van der Waals surface area (Å²) in [7, 11) is 0. The summed E-state index contributed by atoms with van der Waals surface area (Å²) in [6.07, 6.45) is 1.55. The van der Waals surface area contributed by atoms with E-state index in [1.54, 1.807) is 4.90 Å². The smallest absolute Gasteiger partial charge is 0.411 e. The van der Waals surface area contributed by atoms with E-state index in [9.17, 15) is 9.90 Å².